The maximum atomic E-state index is 13.0. The van der Waals surface area contributed by atoms with E-state index in [4.69, 9.17) is 9.47 Å². The minimum atomic E-state index is -0.275. The molecule has 0 saturated carbocycles. The van der Waals surface area contributed by atoms with Crippen molar-refractivity contribution in [1.82, 2.24) is 4.57 Å². The van der Waals surface area contributed by atoms with Gasteiger partial charge in [0.15, 0.2) is 0 Å². The predicted molar refractivity (Wildman–Crippen MR) is 126 cm³/mol. The summed E-state index contributed by atoms with van der Waals surface area (Å²) in [6.07, 6.45) is 9.14. The predicted octanol–water partition coefficient (Wildman–Crippen LogP) is 6.29. The number of carbonyl (C=O) groups is 2. The van der Waals surface area contributed by atoms with Gasteiger partial charge in [0.1, 0.15) is 5.75 Å². The molecule has 0 bridgehead atoms. The molecule has 1 aromatic heterocycles. The second-order valence-electron chi connectivity index (χ2n) is 8.95. The van der Waals surface area contributed by atoms with Gasteiger partial charge in [0.2, 0.25) is 5.78 Å². The van der Waals surface area contributed by atoms with E-state index >= 15 is 0 Å². The van der Waals surface area contributed by atoms with E-state index in [1.165, 1.54) is 32.1 Å². The summed E-state index contributed by atoms with van der Waals surface area (Å²) >= 11 is 0. The van der Waals surface area contributed by atoms with Gasteiger partial charge < -0.3 is 14.0 Å². The Hall–Kier alpha value is -2.56. The molecule has 1 aliphatic heterocycles. The number of rotatable bonds is 13. The van der Waals surface area contributed by atoms with Crippen LogP contribution in [0, 0.1) is 0 Å². The van der Waals surface area contributed by atoms with Gasteiger partial charge >= 0.3 is 5.97 Å². The van der Waals surface area contributed by atoms with Crippen LogP contribution in [0.15, 0.2) is 36.4 Å². The fourth-order valence-electron chi connectivity index (χ4n) is 4.32. The van der Waals surface area contributed by atoms with Gasteiger partial charge in [0.05, 0.1) is 24.3 Å². The SMILES string of the molecule is CCCCCCCCCOC(=O)C1CCn2c(C(=O)c3ccc(OC(C)C)cc3)ccc21. The van der Waals surface area contributed by atoms with Gasteiger partial charge in [-0.15, -0.1) is 0 Å². The van der Waals surface area contributed by atoms with Crippen LogP contribution in [-0.4, -0.2) is 29.0 Å². The van der Waals surface area contributed by atoms with Crippen LogP contribution >= 0.6 is 0 Å². The Balaban J connectivity index is 1.52. The van der Waals surface area contributed by atoms with Crippen molar-refractivity contribution in [2.24, 2.45) is 0 Å². The molecule has 32 heavy (non-hydrogen) atoms. The minimum Gasteiger partial charge on any atom is -0.491 e. The van der Waals surface area contributed by atoms with Gasteiger partial charge in [0.25, 0.3) is 0 Å². The Morgan fingerprint density at radius 2 is 1.66 bits per heavy atom. The van der Waals surface area contributed by atoms with Crippen molar-refractivity contribution in [3.05, 3.63) is 53.3 Å². The summed E-state index contributed by atoms with van der Waals surface area (Å²) in [5.41, 5.74) is 2.13. The Bertz CT molecular complexity index is 882. The molecule has 0 spiro atoms. The van der Waals surface area contributed by atoms with Crippen LogP contribution in [0.1, 0.15) is 99.8 Å². The lowest BCUT2D eigenvalue weighted by Gasteiger charge is -2.11. The first kappa shape index (κ1) is 24.1. The first-order valence-corrected chi connectivity index (χ1v) is 12.2. The number of ether oxygens (including phenoxy) is 2. The van der Waals surface area contributed by atoms with Crippen LogP contribution in [0.25, 0.3) is 0 Å². The summed E-state index contributed by atoms with van der Waals surface area (Å²) in [5.74, 6) is 0.273. The number of fused-ring (bicyclic) bond motifs is 1. The normalized spacial score (nSPS) is 15.1. The van der Waals surface area contributed by atoms with Gasteiger partial charge in [0, 0.05) is 17.8 Å². The zero-order chi connectivity index (χ0) is 22.9. The lowest BCUT2D eigenvalue weighted by atomic mass is 10.1. The van der Waals surface area contributed by atoms with E-state index < -0.39 is 0 Å². The molecule has 0 radical (unpaired) electrons. The molecule has 0 N–H and O–H groups in total. The molecule has 2 aromatic rings. The minimum absolute atomic E-state index is 0.0376. The van der Waals surface area contributed by atoms with Crippen molar-refractivity contribution >= 4 is 11.8 Å². The first-order valence-electron chi connectivity index (χ1n) is 12.2. The molecule has 1 aliphatic rings. The third-order valence-corrected chi connectivity index (χ3v) is 6.01. The summed E-state index contributed by atoms with van der Waals surface area (Å²) < 4.78 is 13.2. The van der Waals surface area contributed by atoms with Crippen LogP contribution in [0.4, 0.5) is 0 Å². The van der Waals surface area contributed by atoms with Crippen LogP contribution in [0.3, 0.4) is 0 Å². The summed E-state index contributed by atoms with van der Waals surface area (Å²) in [7, 11) is 0. The highest BCUT2D eigenvalue weighted by atomic mass is 16.5. The largest absolute Gasteiger partial charge is 0.491 e. The van der Waals surface area contributed by atoms with E-state index in [2.05, 4.69) is 6.92 Å². The Labute approximate surface area is 192 Å². The highest BCUT2D eigenvalue weighted by molar-refractivity contribution is 6.08. The molecular weight excluding hydrogens is 402 g/mol. The van der Waals surface area contributed by atoms with Gasteiger partial charge in [-0.2, -0.15) is 0 Å². The second kappa shape index (κ2) is 11.9. The Morgan fingerprint density at radius 1 is 0.969 bits per heavy atom. The molecule has 1 aromatic carbocycles. The van der Waals surface area contributed by atoms with E-state index in [9.17, 15) is 9.59 Å². The lowest BCUT2D eigenvalue weighted by Crippen LogP contribution is -2.14. The van der Waals surface area contributed by atoms with E-state index in [1.54, 1.807) is 12.1 Å². The fraction of sp³-hybridized carbons (Fsp3) is 0.556. The molecular formula is C27H37NO4. The third-order valence-electron chi connectivity index (χ3n) is 6.01. The maximum Gasteiger partial charge on any atom is 0.315 e. The maximum absolute atomic E-state index is 13.0. The van der Waals surface area contributed by atoms with Gasteiger partial charge in [-0.3, -0.25) is 9.59 Å². The Morgan fingerprint density at radius 3 is 2.34 bits per heavy atom. The van der Waals surface area contributed by atoms with Gasteiger partial charge in [-0.1, -0.05) is 45.4 Å². The summed E-state index contributed by atoms with van der Waals surface area (Å²) in [5, 5.41) is 0. The summed E-state index contributed by atoms with van der Waals surface area (Å²) in [4.78, 5) is 25.7. The van der Waals surface area contributed by atoms with Gasteiger partial charge in [-0.25, -0.2) is 0 Å². The average Bonchev–Trinajstić information content (AvgIpc) is 3.37. The van der Waals surface area contributed by atoms with E-state index in [0.717, 1.165) is 24.3 Å². The van der Waals surface area contributed by atoms with Crippen LogP contribution < -0.4 is 4.74 Å². The number of ketones is 1. The molecule has 0 saturated heterocycles. The molecule has 1 atom stereocenters. The van der Waals surface area contributed by atoms with Crippen molar-refractivity contribution < 1.29 is 19.1 Å². The standard InChI is InChI=1S/C27H37NO4/c1-4-5-6-7-8-9-10-19-31-27(30)23-17-18-28-24(23)15-16-25(28)26(29)21-11-13-22(14-12-21)32-20(2)3/h11-16,20,23H,4-10,17-19H2,1-3H3. The fourth-order valence-corrected chi connectivity index (χ4v) is 4.32. The molecule has 3 rings (SSSR count). The molecule has 174 valence electrons. The smallest absolute Gasteiger partial charge is 0.315 e. The molecule has 0 amide bonds. The number of unbranched alkanes of at least 4 members (excludes halogenated alkanes) is 6. The second-order valence-corrected chi connectivity index (χ2v) is 8.95. The van der Waals surface area contributed by atoms with Crippen molar-refractivity contribution in [2.45, 2.75) is 90.7 Å². The van der Waals surface area contributed by atoms with Gasteiger partial charge in [-0.05, 0) is 63.1 Å². The molecule has 1 unspecified atom stereocenters. The van der Waals surface area contributed by atoms with Crippen LogP contribution in [-0.2, 0) is 16.1 Å². The van der Waals surface area contributed by atoms with Crippen molar-refractivity contribution in [1.29, 1.82) is 0 Å². The van der Waals surface area contributed by atoms with Crippen molar-refractivity contribution in [3.8, 4) is 5.75 Å². The number of benzene rings is 1. The molecule has 0 fully saturated rings. The molecule has 2 heterocycles. The van der Waals surface area contributed by atoms with E-state index in [0.29, 0.717) is 30.8 Å². The third kappa shape index (κ3) is 6.24. The zero-order valence-corrected chi connectivity index (χ0v) is 19.8. The summed E-state index contributed by atoms with van der Waals surface area (Å²) in [6, 6.07) is 11.0. The van der Waals surface area contributed by atoms with Crippen molar-refractivity contribution in [2.75, 3.05) is 6.61 Å². The number of aromatic nitrogens is 1. The molecule has 5 nitrogen and oxygen atoms in total. The molecule has 5 heteroatoms. The van der Waals surface area contributed by atoms with Crippen LogP contribution in [0.5, 0.6) is 5.75 Å². The highest BCUT2D eigenvalue weighted by Crippen LogP contribution is 2.32. The van der Waals surface area contributed by atoms with Crippen molar-refractivity contribution in [3.63, 3.8) is 0 Å². The van der Waals surface area contributed by atoms with E-state index in [-0.39, 0.29) is 23.8 Å². The quantitative estimate of drug-likeness (QED) is 0.209. The monoisotopic (exact) mass is 439 g/mol. The number of esters is 1. The number of hydrogen-bond donors (Lipinski definition) is 0. The summed E-state index contributed by atoms with van der Waals surface area (Å²) in [6.45, 7) is 7.31. The first-order chi connectivity index (χ1) is 15.5. The topological polar surface area (TPSA) is 57.5 Å². The average molecular weight is 440 g/mol. The number of nitrogens with zero attached hydrogens (tertiary/aromatic N) is 1. The number of carbonyl (C=O) groups excluding carboxylic acids is 2. The zero-order valence-electron chi connectivity index (χ0n) is 19.8. The molecule has 0 aliphatic carbocycles. The Kier molecular flexibility index (Phi) is 8.95. The van der Waals surface area contributed by atoms with Crippen LogP contribution in [0.2, 0.25) is 0 Å². The lowest BCUT2D eigenvalue weighted by molar-refractivity contribution is -0.145. The van der Waals surface area contributed by atoms with E-state index in [1.807, 2.05) is 42.7 Å². The highest BCUT2D eigenvalue weighted by Gasteiger charge is 2.33. The number of hydrogen-bond acceptors (Lipinski definition) is 4.